The van der Waals surface area contributed by atoms with Gasteiger partial charge < -0.3 is 25.0 Å². The molecule has 8 nitrogen and oxygen atoms in total. The van der Waals surface area contributed by atoms with Gasteiger partial charge in [0.05, 0.1) is 12.9 Å². The molecule has 3 rings (SSSR count). The predicted octanol–water partition coefficient (Wildman–Crippen LogP) is -1.13. The summed E-state index contributed by atoms with van der Waals surface area (Å²) in [5.41, 5.74) is 0. The Balaban J connectivity index is 1.83. The normalized spacial score (nSPS) is 43.5. The van der Waals surface area contributed by atoms with Gasteiger partial charge >= 0.3 is 0 Å². The second-order valence-electron chi connectivity index (χ2n) is 4.63. The van der Waals surface area contributed by atoms with E-state index < -0.39 is 36.7 Å². The van der Waals surface area contributed by atoms with E-state index in [2.05, 4.69) is 30.9 Å². The highest BCUT2D eigenvalue weighted by Gasteiger charge is 2.50. The van der Waals surface area contributed by atoms with Gasteiger partial charge in [0, 0.05) is 0 Å². The fourth-order valence-corrected chi connectivity index (χ4v) is 3.17. The number of fused-ring (bicyclic) bond motifs is 1. The van der Waals surface area contributed by atoms with Crippen LogP contribution in [0.2, 0.25) is 0 Å². The van der Waals surface area contributed by atoms with Crippen LogP contribution in [0.3, 0.4) is 0 Å². The molecule has 20 heavy (non-hydrogen) atoms. The van der Waals surface area contributed by atoms with Crippen molar-refractivity contribution in [3.05, 3.63) is 0 Å². The molecule has 3 N–H and O–H groups in total. The van der Waals surface area contributed by atoms with E-state index in [0.717, 1.165) is 0 Å². The van der Waals surface area contributed by atoms with Crippen LogP contribution in [0.25, 0.3) is 0 Å². The summed E-state index contributed by atoms with van der Waals surface area (Å²) in [6, 6.07) is -0.459. The van der Waals surface area contributed by atoms with Crippen LogP contribution in [-0.4, -0.2) is 79.8 Å². The number of nitrogens with zero attached hydrogens (tertiary/aromatic N) is 4. The van der Waals surface area contributed by atoms with Crippen LogP contribution in [-0.2, 0) is 4.74 Å². The lowest BCUT2D eigenvalue weighted by Gasteiger charge is -2.31. The lowest BCUT2D eigenvalue weighted by molar-refractivity contribution is -0.0777. The van der Waals surface area contributed by atoms with Crippen LogP contribution in [0, 0.1) is 0 Å². The second-order valence-corrected chi connectivity index (χ2v) is 5.73. The van der Waals surface area contributed by atoms with E-state index in [0.29, 0.717) is 4.74 Å². The summed E-state index contributed by atoms with van der Waals surface area (Å²) >= 11 is 9.17. The lowest BCUT2D eigenvalue weighted by atomic mass is 10.1. The second kappa shape index (κ2) is 5.32. The van der Waals surface area contributed by atoms with Crippen LogP contribution in [0.1, 0.15) is 0 Å². The zero-order valence-corrected chi connectivity index (χ0v) is 12.4. The molecule has 1 saturated heterocycles. The van der Waals surface area contributed by atoms with Gasteiger partial charge in [-0.3, -0.25) is 4.99 Å². The molecule has 0 aromatic heterocycles. The third kappa shape index (κ3) is 2.18. The van der Waals surface area contributed by atoms with Gasteiger partial charge in [-0.25, -0.2) is 9.98 Å². The summed E-state index contributed by atoms with van der Waals surface area (Å²) in [5.74, 6) is 0. The Morgan fingerprint density at radius 1 is 1.40 bits per heavy atom. The van der Waals surface area contributed by atoms with Gasteiger partial charge in [-0.15, -0.1) is 0 Å². The highest BCUT2D eigenvalue weighted by Crippen LogP contribution is 2.31. The lowest BCUT2D eigenvalue weighted by Crippen LogP contribution is -2.50. The Kier molecular flexibility index (Phi) is 3.82. The molecule has 0 saturated carbocycles. The molecule has 3 aliphatic heterocycles. The molecule has 0 aromatic carbocycles. The first-order chi connectivity index (χ1) is 9.52. The van der Waals surface area contributed by atoms with E-state index >= 15 is 0 Å². The molecule has 0 bridgehead atoms. The molecule has 3 aliphatic rings. The van der Waals surface area contributed by atoms with Gasteiger partial charge in [-0.2, -0.15) is 0 Å². The Morgan fingerprint density at radius 3 is 2.80 bits per heavy atom. The monoisotopic (exact) mass is 366 g/mol. The number of ether oxygens (including phenoxy) is 1. The SMILES string of the molecule is OCC1OC(N2C=NC3C(Cl)=NC(Br)=NC32)C(O)C1O. The van der Waals surface area contributed by atoms with Gasteiger partial charge in [0.15, 0.2) is 17.1 Å². The van der Waals surface area contributed by atoms with Crippen molar-refractivity contribution in [1.82, 2.24) is 4.90 Å². The van der Waals surface area contributed by atoms with Crippen LogP contribution >= 0.6 is 27.5 Å². The number of hydrogen-bond donors (Lipinski definition) is 3. The maximum Gasteiger partial charge on any atom is 0.195 e. The first-order valence-electron chi connectivity index (χ1n) is 5.93. The summed E-state index contributed by atoms with van der Waals surface area (Å²) in [4.78, 5) is 14.0. The van der Waals surface area contributed by atoms with Gasteiger partial charge in [-0.1, -0.05) is 11.6 Å². The van der Waals surface area contributed by atoms with Gasteiger partial charge in [0.1, 0.15) is 29.5 Å². The highest BCUT2D eigenvalue weighted by molar-refractivity contribution is 9.18. The van der Waals surface area contributed by atoms with Crippen LogP contribution < -0.4 is 0 Å². The number of halogens is 2. The molecule has 110 valence electrons. The van der Waals surface area contributed by atoms with E-state index in [4.69, 9.17) is 21.4 Å². The van der Waals surface area contributed by atoms with E-state index in [1.54, 1.807) is 4.90 Å². The Hall–Kier alpha value is -0.580. The quantitative estimate of drug-likeness (QED) is 0.535. The van der Waals surface area contributed by atoms with Crippen molar-refractivity contribution in [3.63, 3.8) is 0 Å². The highest BCUT2D eigenvalue weighted by atomic mass is 79.9. The molecule has 10 heteroatoms. The molecular weight excluding hydrogens is 355 g/mol. The summed E-state index contributed by atoms with van der Waals surface area (Å²) < 4.78 is 5.78. The maximum atomic E-state index is 10.0. The third-order valence-corrected chi connectivity index (χ3v) is 4.13. The van der Waals surface area contributed by atoms with Crippen LogP contribution in [0.4, 0.5) is 0 Å². The van der Waals surface area contributed by atoms with Crippen molar-refractivity contribution >= 4 is 43.8 Å². The summed E-state index contributed by atoms with van der Waals surface area (Å²) in [5, 5.41) is 29.2. The number of hydrogen-bond acceptors (Lipinski definition) is 8. The Labute approximate surface area is 127 Å². The van der Waals surface area contributed by atoms with Crippen LogP contribution in [0.5, 0.6) is 0 Å². The van der Waals surface area contributed by atoms with Crippen molar-refractivity contribution in [1.29, 1.82) is 0 Å². The number of amidine groups is 1. The molecule has 6 unspecified atom stereocenters. The number of aliphatic hydroxyl groups excluding tert-OH is 3. The standard InChI is InChI=1S/C10H12BrClN4O4/c11-10-14-7(12)4-8(15-10)16(2-13-4)9-6(19)5(18)3(1-17)20-9/h2-6,8-9,17-19H,1H2. The minimum atomic E-state index is -1.18. The van der Waals surface area contributed by atoms with E-state index in [-0.39, 0.29) is 11.8 Å². The van der Waals surface area contributed by atoms with E-state index in [9.17, 15) is 10.2 Å². The molecule has 0 aliphatic carbocycles. The predicted molar refractivity (Wildman–Crippen MR) is 75.3 cm³/mol. The number of aliphatic hydroxyl groups is 3. The molecule has 0 spiro atoms. The van der Waals surface area contributed by atoms with Crippen molar-refractivity contribution in [3.8, 4) is 0 Å². The van der Waals surface area contributed by atoms with Crippen molar-refractivity contribution in [2.75, 3.05) is 6.61 Å². The molecular formula is C10H12BrClN4O4. The van der Waals surface area contributed by atoms with E-state index in [1.807, 2.05) is 0 Å². The molecule has 1 fully saturated rings. The Bertz CT molecular complexity index is 502. The number of aliphatic imine (C=N–C) groups is 3. The van der Waals surface area contributed by atoms with E-state index in [1.165, 1.54) is 6.34 Å². The molecule has 6 atom stereocenters. The largest absolute Gasteiger partial charge is 0.394 e. The Morgan fingerprint density at radius 2 is 2.15 bits per heavy atom. The van der Waals surface area contributed by atoms with Gasteiger partial charge in [0.2, 0.25) is 0 Å². The minimum absolute atomic E-state index is 0.280. The molecule has 3 heterocycles. The van der Waals surface area contributed by atoms with Gasteiger partial charge in [-0.05, 0) is 15.9 Å². The summed E-state index contributed by atoms with van der Waals surface area (Å²) in [6.45, 7) is -0.386. The smallest absolute Gasteiger partial charge is 0.195 e. The first-order valence-corrected chi connectivity index (χ1v) is 7.10. The fourth-order valence-electron chi connectivity index (χ4n) is 2.41. The van der Waals surface area contributed by atoms with Crippen LogP contribution in [0.15, 0.2) is 15.0 Å². The zero-order chi connectivity index (χ0) is 14.4. The minimum Gasteiger partial charge on any atom is -0.394 e. The van der Waals surface area contributed by atoms with Crippen molar-refractivity contribution < 1.29 is 20.1 Å². The number of rotatable bonds is 2. The van der Waals surface area contributed by atoms with Crippen molar-refractivity contribution in [2.24, 2.45) is 15.0 Å². The van der Waals surface area contributed by atoms with Gasteiger partial charge in [0.25, 0.3) is 0 Å². The summed E-state index contributed by atoms with van der Waals surface area (Å²) in [6.07, 6.45) is -3.08. The zero-order valence-electron chi connectivity index (χ0n) is 10.0. The first kappa shape index (κ1) is 14.4. The molecule has 0 aromatic rings. The third-order valence-electron chi connectivity index (χ3n) is 3.44. The maximum absolute atomic E-state index is 10.0. The fraction of sp³-hybridized carbons (Fsp3) is 0.700. The topological polar surface area (TPSA) is 110 Å². The average molecular weight is 368 g/mol. The molecule has 0 amide bonds. The summed E-state index contributed by atoms with van der Waals surface area (Å²) in [7, 11) is 0. The average Bonchev–Trinajstić information content (AvgIpc) is 2.93. The molecule has 0 radical (unpaired) electrons. The van der Waals surface area contributed by atoms with Crippen molar-refractivity contribution in [2.45, 2.75) is 36.7 Å².